The number of aromatic nitrogens is 2. The van der Waals surface area contributed by atoms with Crippen LogP contribution in [0.3, 0.4) is 0 Å². The molecule has 1 aliphatic rings. The number of hydrogen-bond donors (Lipinski definition) is 3. The van der Waals surface area contributed by atoms with Gasteiger partial charge in [-0.3, -0.25) is 0 Å². The molecule has 0 radical (unpaired) electrons. The normalized spacial score (nSPS) is 21.0. The van der Waals surface area contributed by atoms with Gasteiger partial charge >= 0.3 is 5.69 Å². The first-order chi connectivity index (χ1) is 9.22. The average Bonchev–Trinajstić information content (AvgIpc) is 3.02. The van der Waals surface area contributed by atoms with E-state index in [1.165, 1.54) is 24.2 Å². The number of fused-ring (bicyclic) bond motifs is 1. The van der Waals surface area contributed by atoms with Crippen LogP contribution in [0.5, 0.6) is 0 Å². The highest BCUT2D eigenvalue weighted by Crippen LogP contribution is 2.26. The van der Waals surface area contributed by atoms with E-state index in [2.05, 4.69) is 40.0 Å². The second-order valence-electron chi connectivity index (χ2n) is 5.15. The molecular formula is C14H19N3OS. The number of nitrogens with one attached hydrogen (secondary N) is 3. The Bertz CT molecular complexity index is 612. The molecule has 102 valence electrons. The summed E-state index contributed by atoms with van der Waals surface area (Å²) >= 11 is 2.07. The molecule has 4 nitrogen and oxygen atoms in total. The lowest BCUT2D eigenvalue weighted by atomic mass is 10.1. The van der Waals surface area contributed by atoms with E-state index in [1.807, 2.05) is 12.1 Å². The number of H-pyrrole nitrogens is 2. The van der Waals surface area contributed by atoms with Gasteiger partial charge in [0.15, 0.2) is 0 Å². The predicted octanol–water partition coefficient (Wildman–Crippen LogP) is 2.40. The van der Waals surface area contributed by atoms with Crippen molar-refractivity contribution in [3.63, 3.8) is 0 Å². The fourth-order valence-electron chi connectivity index (χ4n) is 2.55. The highest BCUT2D eigenvalue weighted by molar-refractivity contribution is 8.00. The fraction of sp³-hybridized carbons (Fsp3) is 0.500. The van der Waals surface area contributed by atoms with Gasteiger partial charge in [0.05, 0.1) is 11.0 Å². The van der Waals surface area contributed by atoms with Crippen LogP contribution in [0.2, 0.25) is 0 Å². The number of hydrogen-bond acceptors (Lipinski definition) is 3. The zero-order valence-electron chi connectivity index (χ0n) is 11.0. The first-order valence-electron chi connectivity index (χ1n) is 6.79. The molecular weight excluding hydrogens is 258 g/mol. The van der Waals surface area contributed by atoms with E-state index >= 15 is 0 Å². The average molecular weight is 277 g/mol. The first kappa shape index (κ1) is 12.8. The summed E-state index contributed by atoms with van der Waals surface area (Å²) in [7, 11) is 0. The van der Waals surface area contributed by atoms with Crippen molar-refractivity contribution in [3.05, 3.63) is 34.2 Å². The van der Waals surface area contributed by atoms with Crippen LogP contribution in [0.25, 0.3) is 11.0 Å². The van der Waals surface area contributed by atoms with Crippen molar-refractivity contribution in [2.45, 2.75) is 31.1 Å². The quantitative estimate of drug-likeness (QED) is 0.804. The molecule has 0 spiro atoms. The number of rotatable bonds is 4. The highest BCUT2D eigenvalue weighted by atomic mass is 32.2. The lowest BCUT2D eigenvalue weighted by Gasteiger charge is -2.17. The predicted molar refractivity (Wildman–Crippen MR) is 80.8 cm³/mol. The summed E-state index contributed by atoms with van der Waals surface area (Å²) in [5, 5.41) is 4.35. The zero-order valence-corrected chi connectivity index (χ0v) is 11.8. The molecule has 0 amide bonds. The van der Waals surface area contributed by atoms with Crippen molar-refractivity contribution in [2.75, 3.05) is 12.3 Å². The van der Waals surface area contributed by atoms with Crippen molar-refractivity contribution in [1.29, 1.82) is 0 Å². The van der Waals surface area contributed by atoms with Crippen LogP contribution in [0, 0.1) is 0 Å². The molecule has 2 atom stereocenters. The Morgan fingerprint density at radius 1 is 1.42 bits per heavy atom. The fourth-order valence-corrected chi connectivity index (χ4v) is 3.76. The van der Waals surface area contributed by atoms with Crippen LogP contribution in [0.1, 0.15) is 31.4 Å². The smallest absolute Gasteiger partial charge is 0.309 e. The van der Waals surface area contributed by atoms with Gasteiger partial charge in [0.2, 0.25) is 0 Å². The Hall–Kier alpha value is -1.20. The van der Waals surface area contributed by atoms with Gasteiger partial charge in [0.1, 0.15) is 0 Å². The summed E-state index contributed by atoms with van der Waals surface area (Å²) in [6.07, 6.45) is 2.68. The van der Waals surface area contributed by atoms with Crippen molar-refractivity contribution in [1.82, 2.24) is 15.3 Å². The Morgan fingerprint density at radius 2 is 2.26 bits per heavy atom. The molecule has 1 aromatic heterocycles. The number of benzene rings is 1. The van der Waals surface area contributed by atoms with Gasteiger partial charge < -0.3 is 15.3 Å². The lowest BCUT2D eigenvalue weighted by molar-refractivity contribution is 0.560. The third-order valence-corrected chi connectivity index (χ3v) is 5.11. The second-order valence-corrected chi connectivity index (χ2v) is 6.56. The van der Waals surface area contributed by atoms with Crippen LogP contribution in [-0.2, 0) is 0 Å². The monoisotopic (exact) mass is 277 g/mol. The van der Waals surface area contributed by atoms with Crippen molar-refractivity contribution < 1.29 is 0 Å². The van der Waals surface area contributed by atoms with Gasteiger partial charge in [-0.15, -0.1) is 0 Å². The van der Waals surface area contributed by atoms with Crippen LogP contribution in [0.15, 0.2) is 23.0 Å². The molecule has 0 aliphatic carbocycles. The summed E-state index contributed by atoms with van der Waals surface area (Å²) in [5.74, 6) is 1.30. The maximum absolute atomic E-state index is 11.2. The van der Waals surface area contributed by atoms with Crippen molar-refractivity contribution in [3.8, 4) is 0 Å². The van der Waals surface area contributed by atoms with Crippen molar-refractivity contribution >= 4 is 22.8 Å². The maximum atomic E-state index is 11.2. The largest absolute Gasteiger partial charge is 0.323 e. The zero-order chi connectivity index (χ0) is 13.2. The number of imidazole rings is 1. The van der Waals surface area contributed by atoms with E-state index in [0.717, 1.165) is 22.8 Å². The highest BCUT2D eigenvalue weighted by Gasteiger charge is 2.16. The molecule has 5 heteroatoms. The maximum Gasteiger partial charge on any atom is 0.323 e. The van der Waals surface area contributed by atoms with Crippen LogP contribution in [-0.4, -0.2) is 27.5 Å². The molecule has 1 fully saturated rings. The Kier molecular flexibility index (Phi) is 3.66. The van der Waals surface area contributed by atoms with E-state index in [0.29, 0.717) is 6.04 Å². The second kappa shape index (κ2) is 5.43. The van der Waals surface area contributed by atoms with E-state index in [4.69, 9.17) is 0 Å². The molecule has 2 aromatic rings. The summed E-state index contributed by atoms with van der Waals surface area (Å²) < 4.78 is 0. The summed E-state index contributed by atoms with van der Waals surface area (Å²) in [6.45, 7) is 3.24. The van der Waals surface area contributed by atoms with Crippen LogP contribution in [0.4, 0.5) is 0 Å². The number of thioether (sulfide) groups is 1. The van der Waals surface area contributed by atoms with Gasteiger partial charge in [-0.1, -0.05) is 6.07 Å². The SMILES string of the molecule is CC(NCC1CCCS1)c1ccc2[nH]c(=O)[nH]c2c1. The van der Waals surface area contributed by atoms with Gasteiger partial charge in [0.25, 0.3) is 0 Å². The minimum Gasteiger partial charge on any atom is -0.309 e. The standard InChI is InChI=1S/C14H19N3OS/c1-9(15-8-11-3-2-6-19-11)10-4-5-12-13(7-10)17-14(18)16-12/h4-5,7,9,11,15H,2-3,6,8H2,1H3,(H2,16,17,18). The summed E-state index contributed by atoms with van der Waals surface area (Å²) in [5.41, 5.74) is 2.82. The molecule has 1 aromatic carbocycles. The molecule has 1 saturated heterocycles. The van der Waals surface area contributed by atoms with Gasteiger partial charge in [-0.25, -0.2) is 4.79 Å². The molecule has 0 bridgehead atoms. The summed E-state index contributed by atoms with van der Waals surface area (Å²) in [4.78, 5) is 16.8. The third kappa shape index (κ3) is 2.87. The van der Waals surface area contributed by atoms with E-state index in [1.54, 1.807) is 0 Å². The molecule has 1 aliphatic heterocycles. The topological polar surface area (TPSA) is 60.7 Å². The Morgan fingerprint density at radius 3 is 3.05 bits per heavy atom. The van der Waals surface area contributed by atoms with Gasteiger partial charge in [0, 0.05) is 17.8 Å². The molecule has 0 saturated carbocycles. The molecule has 3 N–H and O–H groups in total. The van der Waals surface area contributed by atoms with Gasteiger partial charge in [-0.2, -0.15) is 11.8 Å². The van der Waals surface area contributed by atoms with E-state index in [-0.39, 0.29) is 5.69 Å². The third-order valence-electron chi connectivity index (χ3n) is 3.72. The van der Waals surface area contributed by atoms with E-state index in [9.17, 15) is 4.79 Å². The molecule has 2 heterocycles. The van der Waals surface area contributed by atoms with Crippen molar-refractivity contribution in [2.24, 2.45) is 0 Å². The first-order valence-corrected chi connectivity index (χ1v) is 7.84. The van der Waals surface area contributed by atoms with Crippen LogP contribution >= 0.6 is 11.8 Å². The summed E-state index contributed by atoms with van der Waals surface area (Å²) in [6, 6.07) is 6.40. The van der Waals surface area contributed by atoms with Crippen LogP contribution < -0.4 is 11.0 Å². The minimum atomic E-state index is -0.143. The molecule has 3 rings (SSSR count). The van der Waals surface area contributed by atoms with E-state index < -0.39 is 0 Å². The van der Waals surface area contributed by atoms with Gasteiger partial charge in [-0.05, 0) is 43.2 Å². The number of aromatic amines is 2. The molecule has 2 unspecified atom stereocenters. The minimum absolute atomic E-state index is 0.143. The Balaban J connectivity index is 1.69. The lowest BCUT2D eigenvalue weighted by Crippen LogP contribution is -2.26. The molecule has 19 heavy (non-hydrogen) atoms. The Labute approximate surface area is 116 Å².